The topological polar surface area (TPSA) is 44.4 Å². The standard InChI is InChI=1S/C20H27N3O/c1-5-23(6-2)18-11-12-19(16(4)13-18)22-20(24)21-14-17-10-8-7-9-15(17)3/h7-13H,5-6,14H2,1-4H3,(H2,21,22,24). The summed E-state index contributed by atoms with van der Waals surface area (Å²) in [6, 6.07) is 14.0. The molecule has 2 aromatic carbocycles. The molecule has 0 radical (unpaired) electrons. The first-order valence-corrected chi connectivity index (χ1v) is 8.50. The quantitative estimate of drug-likeness (QED) is 0.823. The number of nitrogens with zero attached hydrogens (tertiary/aromatic N) is 1. The summed E-state index contributed by atoms with van der Waals surface area (Å²) in [6.07, 6.45) is 0. The molecule has 128 valence electrons. The molecule has 0 saturated carbocycles. The highest BCUT2D eigenvalue weighted by atomic mass is 16.2. The Morgan fingerprint density at radius 1 is 1.00 bits per heavy atom. The minimum atomic E-state index is -0.183. The Labute approximate surface area is 144 Å². The summed E-state index contributed by atoms with van der Waals surface area (Å²) in [4.78, 5) is 14.4. The second-order valence-electron chi connectivity index (χ2n) is 5.91. The van der Waals surface area contributed by atoms with Crippen LogP contribution in [0.2, 0.25) is 0 Å². The lowest BCUT2D eigenvalue weighted by molar-refractivity contribution is 0.251. The van der Waals surface area contributed by atoms with Crippen molar-refractivity contribution in [2.75, 3.05) is 23.3 Å². The lowest BCUT2D eigenvalue weighted by Gasteiger charge is -2.22. The molecule has 2 amide bonds. The maximum Gasteiger partial charge on any atom is 0.319 e. The molecular weight excluding hydrogens is 298 g/mol. The van der Waals surface area contributed by atoms with Crippen LogP contribution in [0.4, 0.5) is 16.2 Å². The van der Waals surface area contributed by atoms with Crippen molar-refractivity contribution in [1.29, 1.82) is 0 Å². The highest BCUT2D eigenvalue weighted by Crippen LogP contribution is 2.22. The molecular formula is C20H27N3O. The number of hydrogen-bond acceptors (Lipinski definition) is 2. The minimum Gasteiger partial charge on any atom is -0.372 e. The van der Waals surface area contributed by atoms with Gasteiger partial charge in [-0.1, -0.05) is 24.3 Å². The van der Waals surface area contributed by atoms with Gasteiger partial charge in [0.25, 0.3) is 0 Å². The van der Waals surface area contributed by atoms with Crippen molar-refractivity contribution in [2.24, 2.45) is 0 Å². The Hall–Kier alpha value is -2.49. The predicted octanol–water partition coefficient (Wildman–Crippen LogP) is 4.47. The highest BCUT2D eigenvalue weighted by molar-refractivity contribution is 5.90. The van der Waals surface area contributed by atoms with Gasteiger partial charge in [0.1, 0.15) is 0 Å². The SMILES string of the molecule is CCN(CC)c1ccc(NC(=O)NCc2ccccc2C)c(C)c1. The second-order valence-corrected chi connectivity index (χ2v) is 5.91. The largest absolute Gasteiger partial charge is 0.372 e. The van der Waals surface area contributed by atoms with Gasteiger partial charge in [0.05, 0.1) is 0 Å². The number of amides is 2. The van der Waals surface area contributed by atoms with Crippen LogP contribution in [0.15, 0.2) is 42.5 Å². The van der Waals surface area contributed by atoms with Crippen LogP contribution in [-0.2, 0) is 6.54 Å². The molecule has 4 nitrogen and oxygen atoms in total. The number of carbonyl (C=O) groups is 1. The molecule has 24 heavy (non-hydrogen) atoms. The van der Waals surface area contributed by atoms with E-state index in [0.717, 1.165) is 29.9 Å². The number of carbonyl (C=O) groups excluding carboxylic acids is 1. The first kappa shape index (κ1) is 17.9. The van der Waals surface area contributed by atoms with E-state index in [1.165, 1.54) is 11.3 Å². The first-order valence-electron chi connectivity index (χ1n) is 8.50. The number of urea groups is 1. The molecule has 2 N–H and O–H groups in total. The van der Waals surface area contributed by atoms with E-state index < -0.39 is 0 Å². The van der Waals surface area contributed by atoms with Crippen LogP contribution in [0.3, 0.4) is 0 Å². The van der Waals surface area contributed by atoms with E-state index in [0.29, 0.717) is 6.54 Å². The molecule has 4 heteroatoms. The third kappa shape index (κ3) is 4.51. The maximum atomic E-state index is 12.1. The van der Waals surface area contributed by atoms with Crippen LogP contribution >= 0.6 is 0 Å². The zero-order chi connectivity index (χ0) is 17.5. The number of anilines is 2. The molecule has 0 atom stereocenters. The minimum absolute atomic E-state index is 0.183. The fraction of sp³-hybridized carbons (Fsp3) is 0.350. The van der Waals surface area contributed by atoms with Gasteiger partial charge >= 0.3 is 6.03 Å². The van der Waals surface area contributed by atoms with E-state index in [1.807, 2.05) is 44.2 Å². The maximum absolute atomic E-state index is 12.1. The van der Waals surface area contributed by atoms with Crippen LogP contribution in [-0.4, -0.2) is 19.1 Å². The smallest absolute Gasteiger partial charge is 0.319 e. The second kappa shape index (κ2) is 8.39. The summed E-state index contributed by atoms with van der Waals surface area (Å²) in [6.45, 7) is 10.8. The van der Waals surface area contributed by atoms with Crippen molar-refractivity contribution in [3.8, 4) is 0 Å². The number of aryl methyl sites for hydroxylation is 2. The van der Waals surface area contributed by atoms with Gasteiger partial charge in [-0.3, -0.25) is 0 Å². The van der Waals surface area contributed by atoms with Gasteiger partial charge in [-0.2, -0.15) is 0 Å². The molecule has 0 aliphatic heterocycles. The summed E-state index contributed by atoms with van der Waals surface area (Å²) in [5.41, 5.74) is 5.39. The normalized spacial score (nSPS) is 10.3. The Balaban J connectivity index is 1.98. The number of nitrogens with one attached hydrogen (secondary N) is 2. The Kier molecular flexibility index (Phi) is 6.24. The molecule has 0 unspecified atom stereocenters. The van der Waals surface area contributed by atoms with Gasteiger partial charge in [0, 0.05) is 31.0 Å². The molecule has 0 fully saturated rings. The first-order chi connectivity index (χ1) is 11.5. The van der Waals surface area contributed by atoms with Gasteiger partial charge in [-0.05, 0) is 62.6 Å². The number of hydrogen-bond donors (Lipinski definition) is 2. The zero-order valence-corrected chi connectivity index (χ0v) is 15.0. The van der Waals surface area contributed by atoms with E-state index >= 15 is 0 Å². The number of rotatable bonds is 6. The Morgan fingerprint density at radius 3 is 2.33 bits per heavy atom. The van der Waals surface area contributed by atoms with Crippen LogP contribution in [0, 0.1) is 13.8 Å². The Bertz CT molecular complexity index is 693. The molecule has 0 aromatic heterocycles. The van der Waals surface area contributed by atoms with E-state index in [4.69, 9.17) is 0 Å². The molecule has 2 aromatic rings. The third-order valence-corrected chi connectivity index (χ3v) is 4.29. The highest BCUT2D eigenvalue weighted by Gasteiger charge is 2.08. The van der Waals surface area contributed by atoms with Crippen molar-refractivity contribution in [1.82, 2.24) is 5.32 Å². The zero-order valence-electron chi connectivity index (χ0n) is 15.0. The molecule has 2 rings (SSSR count). The van der Waals surface area contributed by atoms with Crippen LogP contribution in [0.1, 0.15) is 30.5 Å². The lowest BCUT2D eigenvalue weighted by Crippen LogP contribution is -2.29. The van der Waals surface area contributed by atoms with E-state index in [9.17, 15) is 4.79 Å². The molecule has 0 aliphatic rings. The molecule has 0 bridgehead atoms. The van der Waals surface area contributed by atoms with Crippen molar-refractivity contribution in [3.63, 3.8) is 0 Å². The molecule has 0 aliphatic carbocycles. The van der Waals surface area contributed by atoms with Crippen molar-refractivity contribution in [2.45, 2.75) is 34.2 Å². The van der Waals surface area contributed by atoms with Crippen molar-refractivity contribution >= 4 is 17.4 Å². The third-order valence-electron chi connectivity index (χ3n) is 4.29. The summed E-state index contributed by atoms with van der Waals surface area (Å²) >= 11 is 0. The Morgan fingerprint density at radius 2 is 1.71 bits per heavy atom. The van der Waals surface area contributed by atoms with Gasteiger partial charge in [-0.25, -0.2) is 4.79 Å². The van der Waals surface area contributed by atoms with Gasteiger partial charge in [-0.15, -0.1) is 0 Å². The summed E-state index contributed by atoms with van der Waals surface area (Å²) in [7, 11) is 0. The van der Waals surface area contributed by atoms with Crippen LogP contribution in [0.5, 0.6) is 0 Å². The van der Waals surface area contributed by atoms with Gasteiger partial charge in [0.2, 0.25) is 0 Å². The summed E-state index contributed by atoms with van der Waals surface area (Å²) in [5.74, 6) is 0. The molecule has 0 saturated heterocycles. The predicted molar refractivity (Wildman–Crippen MR) is 102 cm³/mol. The fourth-order valence-corrected chi connectivity index (χ4v) is 2.72. The van der Waals surface area contributed by atoms with Crippen LogP contribution < -0.4 is 15.5 Å². The summed E-state index contributed by atoms with van der Waals surface area (Å²) < 4.78 is 0. The van der Waals surface area contributed by atoms with Gasteiger partial charge < -0.3 is 15.5 Å². The van der Waals surface area contributed by atoms with Crippen LogP contribution in [0.25, 0.3) is 0 Å². The van der Waals surface area contributed by atoms with E-state index in [-0.39, 0.29) is 6.03 Å². The van der Waals surface area contributed by atoms with Crippen molar-refractivity contribution in [3.05, 3.63) is 59.2 Å². The lowest BCUT2D eigenvalue weighted by atomic mass is 10.1. The average Bonchev–Trinajstić information content (AvgIpc) is 2.57. The van der Waals surface area contributed by atoms with E-state index in [1.54, 1.807) is 0 Å². The molecule has 0 heterocycles. The average molecular weight is 325 g/mol. The monoisotopic (exact) mass is 325 g/mol. The van der Waals surface area contributed by atoms with Crippen molar-refractivity contribution < 1.29 is 4.79 Å². The van der Waals surface area contributed by atoms with E-state index in [2.05, 4.69) is 41.5 Å². The van der Waals surface area contributed by atoms with Gasteiger partial charge in [0.15, 0.2) is 0 Å². The fourth-order valence-electron chi connectivity index (χ4n) is 2.72. The molecule has 0 spiro atoms. The number of benzene rings is 2. The summed E-state index contributed by atoms with van der Waals surface area (Å²) in [5, 5.41) is 5.85.